The summed E-state index contributed by atoms with van der Waals surface area (Å²) < 4.78 is 5.19. The minimum atomic E-state index is -0.368. The van der Waals surface area contributed by atoms with E-state index in [9.17, 15) is 9.59 Å². The van der Waals surface area contributed by atoms with Crippen molar-refractivity contribution >= 4 is 34.7 Å². The summed E-state index contributed by atoms with van der Waals surface area (Å²) in [6.07, 6.45) is 0. The zero-order chi connectivity index (χ0) is 22.0. The van der Waals surface area contributed by atoms with Crippen molar-refractivity contribution in [2.24, 2.45) is 0 Å². The normalized spacial score (nSPS) is 13.7. The van der Waals surface area contributed by atoms with Crippen LogP contribution in [0.5, 0.6) is 5.75 Å². The molecule has 0 unspecified atom stereocenters. The zero-order valence-electron chi connectivity index (χ0n) is 17.2. The topological polar surface area (TPSA) is 49.9 Å². The van der Waals surface area contributed by atoms with E-state index in [1.807, 2.05) is 42.3 Å². The highest BCUT2D eigenvalue weighted by molar-refractivity contribution is 6.45. The second kappa shape index (κ2) is 8.66. The lowest BCUT2D eigenvalue weighted by Crippen LogP contribution is -2.34. The van der Waals surface area contributed by atoms with Crippen molar-refractivity contribution in [2.45, 2.75) is 6.54 Å². The molecule has 0 saturated heterocycles. The molecule has 1 aliphatic heterocycles. The van der Waals surface area contributed by atoms with Crippen molar-refractivity contribution in [3.63, 3.8) is 0 Å². The van der Waals surface area contributed by atoms with Gasteiger partial charge in [0.2, 0.25) is 0 Å². The van der Waals surface area contributed by atoms with E-state index in [1.165, 1.54) is 4.90 Å². The van der Waals surface area contributed by atoms with E-state index in [1.54, 1.807) is 55.6 Å². The van der Waals surface area contributed by atoms with E-state index in [0.717, 1.165) is 5.56 Å². The fourth-order valence-corrected chi connectivity index (χ4v) is 3.78. The summed E-state index contributed by atoms with van der Waals surface area (Å²) in [5.41, 5.74) is 2.89. The molecule has 0 spiro atoms. The number of hydrogen-bond acceptors (Lipinski definition) is 4. The first-order valence-corrected chi connectivity index (χ1v) is 10.2. The van der Waals surface area contributed by atoms with Crippen LogP contribution in [0.15, 0.2) is 84.6 Å². The molecule has 156 valence electrons. The van der Waals surface area contributed by atoms with E-state index in [2.05, 4.69) is 0 Å². The fourth-order valence-electron chi connectivity index (χ4n) is 3.65. The molecule has 0 aromatic heterocycles. The monoisotopic (exact) mass is 432 g/mol. The van der Waals surface area contributed by atoms with Crippen LogP contribution in [-0.2, 0) is 16.1 Å². The first kappa shape index (κ1) is 20.7. The van der Waals surface area contributed by atoms with Crippen molar-refractivity contribution < 1.29 is 14.3 Å². The van der Waals surface area contributed by atoms with E-state index >= 15 is 0 Å². The smallest absolute Gasteiger partial charge is 0.282 e. The second-order valence-electron chi connectivity index (χ2n) is 7.22. The molecule has 1 heterocycles. The van der Waals surface area contributed by atoms with E-state index < -0.39 is 0 Å². The number of carbonyl (C=O) groups excluding carboxylic acids is 2. The van der Waals surface area contributed by atoms with Crippen LogP contribution in [0, 0.1) is 0 Å². The van der Waals surface area contributed by atoms with Gasteiger partial charge in [-0.3, -0.25) is 9.59 Å². The first-order valence-electron chi connectivity index (χ1n) is 9.77. The zero-order valence-corrected chi connectivity index (χ0v) is 18.0. The molecule has 4 rings (SSSR count). The molecule has 1 aliphatic rings. The van der Waals surface area contributed by atoms with Crippen molar-refractivity contribution in [1.82, 2.24) is 4.90 Å². The fraction of sp³-hybridized carbons (Fsp3) is 0.120. The van der Waals surface area contributed by atoms with Gasteiger partial charge in [0.1, 0.15) is 11.4 Å². The highest BCUT2D eigenvalue weighted by Crippen LogP contribution is 2.35. The van der Waals surface area contributed by atoms with Gasteiger partial charge in [0, 0.05) is 18.6 Å². The van der Waals surface area contributed by atoms with Crippen molar-refractivity contribution in [2.75, 3.05) is 19.1 Å². The van der Waals surface area contributed by atoms with E-state index in [-0.39, 0.29) is 11.8 Å². The molecule has 0 aliphatic carbocycles. The lowest BCUT2D eigenvalue weighted by molar-refractivity contribution is -0.120. The van der Waals surface area contributed by atoms with Crippen LogP contribution in [-0.4, -0.2) is 30.9 Å². The summed E-state index contributed by atoms with van der Waals surface area (Å²) in [5.74, 6) is -0.0823. The van der Waals surface area contributed by atoms with Gasteiger partial charge in [-0.25, -0.2) is 4.90 Å². The number of rotatable bonds is 6. The SMILES string of the molecule is COc1ccc(N2C(=O)C(c3ccc(Cl)cc3)=C(N(C)Cc3ccccc3)C2=O)cc1. The number of ether oxygens (including phenoxy) is 1. The molecule has 0 N–H and O–H groups in total. The largest absolute Gasteiger partial charge is 0.497 e. The number of imide groups is 1. The summed E-state index contributed by atoms with van der Waals surface area (Å²) in [7, 11) is 3.39. The van der Waals surface area contributed by atoms with Crippen LogP contribution in [0.1, 0.15) is 11.1 Å². The van der Waals surface area contributed by atoms with Gasteiger partial charge < -0.3 is 9.64 Å². The van der Waals surface area contributed by atoms with Gasteiger partial charge in [0.25, 0.3) is 11.8 Å². The third kappa shape index (κ3) is 4.05. The van der Waals surface area contributed by atoms with Gasteiger partial charge in [-0.1, -0.05) is 54.1 Å². The maximum absolute atomic E-state index is 13.5. The van der Waals surface area contributed by atoms with Crippen LogP contribution in [0.4, 0.5) is 5.69 Å². The minimum absolute atomic E-state index is 0.354. The molecule has 2 amide bonds. The molecule has 3 aromatic rings. The Labute approximate surface area is 186 Å². The average molecular weight is 433 g/mol. The van der Waals surface area contributed by atoms with Gasteiger partial charge in [0.05, 0.1) is 18.4 Å². The van der Waals surface area contributed by atoms with Crippen molar-refractivity contribution in [3.05, 3.63) is 101 Å². The van der Waals surface area contributed by atoms with Gasteiger partial charge in [-0.2, -0.15) is 0 Å². The number of carbonyl (C=O) groups is 2. The number of benzene rings is 3. The van der Waals surface area contributed by atoms with Crippen LogP contribution in [0.3, 0.4) is 0 Å². The first-order chi connectivity index (χ1) is 15.0. The summed E-state index contributed by atoms with van der Waals surface area (Å²) in [4.78, 5) is 30.0. The lowest BCUT2D eigenvalue weighted by Gasteiger charge is -2.21. The number of anilines is 1. The summed E-state index contributed by atoms with van der Waals surface area (Å²) in [5, 5.41) is 0.562. The van der Waals surface area contributed by atoms with Crippen LogP contribution in [0.2, 0.25) is 5.02 Å². The third-order valence-corrected chi connectivity index (χ3v) is 5.42. The number of amides is 2. The highest BCUT2D eigenvalue weighted by Gasteiger charge is 2.41. The Morgan fingerprint density at radius 1 is 0.871 bits per heavy atom. The quantitative estimate of drug-likeness (QED) is 0.527. The second-order valence-corrected chi connectivity index (χ2v) is 7.65. The molecular weight excluding hydrogens is 412 g/mol. The maximum atomic E-state index is 13.5. The Bertz CT molecular complexity index is 1140. The molecule has 0 atom stereocenters. The summed E-state index contributed by atoms with van der Waals surface area (Å²) in [6, 6.07) is 23.6. The van der Waals surface area contributed by atoms with Gasteiger partial charge in [-0.05, 0) is 47.5 Å². The Morgan fingerprint density at radius 2 is 1.52 bits per heavy atom. The molecule has 3 aromatic carbocycles. The number of hydrogen-bond donors (Lipinski definition) is 0. The third-order valence-electron chi connectivity index (χ3n) is 5.17. The average Bonchev–Trinajstić information content (AvgIpc) is 3.05. The standard InChI is InChI=1S/C25H21ClN2O3/c1-27(16-17-6-4-3-5-7-17)23-22(18-8-10-19(26)11-9-18)24(29)28(25(23)30)20-12-14-21(31-2)15-13-20/h3-15H,16H2,1-2H3. The van der Waals surface area contributed by atoms with Crippen molar-refractivity contribution in [1.29, 1.82) is 0 Å². The summed E-state index contributed by atoms with van der Waals surface area (Å²) in [6.45, 7) is 0.489. The molecular formula is C25H21ClN2O3. The highest BCUT2D eigenvalue weighted by atomic mass is 35.5. The van der Waals surface area contributed by atoms with Gasteiger partial charge in [0.15, 0.2) is 0 Å². The van der Waals surface area contributed by atoms with Gasteiger partial charge >= 0.3 is 0 Å². The molecule has 6 heteroatoms. The maximum Gasteiger partial charge on any atom is 0.282 e. The minimum Gasteiger partial charge on any atom is -0.497 e. The number of methoxy groups -OCH3 is 1. The Balaban J connectivity index is 1.77. The lowest BCUT2D eigenvalue weighted by atomic mass is 10.0. The predicted octanol–water partition coefficient (Wildman–Crippen LogP) is 4.77. The molecule has 0 radical (unpaired) electrons. The number of halogens is 1. The molecule has 0 saturated carbocycles. The molecule has 0 bridgehead atoms. The van der Waals surface area contributed by atoms with Crippen LogP contribution >= 0.6 is 11.6 Å². The summed E-state index contributed by atoms with van der Waals surface area (Å²) >= 11 is 6.04. The van der Waals surface area contributed by atoms with Crippen LogP contribution < -0.4 is 9.64 Å². The Hall–Kier alpha value is -3.57. The van der Waals surface area contributed by atoms with E-state index in [4.69, 9.17) is 16.3 Å². The number of nitrogens with zero attached hydrogens (tertiary/aromatic N) is 2. The van der Waals surface area contributed by atoms with Gasteiger partial charge in [-0.15, -0.1) is 0 Å². The van der Waals surface area contributed by atoms with Crippen molar-refractivity contribution in [3.8, 4) is 5.75 Å². The van der Waals surface area contributed by atoms with E-state index in [0.29, 0.717) is 39.8 Å². The van der Waals surface area contributed by atoms with Crippen LogP contribution in [0.25, 0.3) is 5.57 Å². The predicted molar refractivity (Wildman–Crippen MR) is 122 cm³/mol. The Kier molecular flexibility index (Phi) is 5.78. The molecule has 5 nitrogen and oxygen atoms in total. The molecule has 31 heavy (non-hydrogen) atoms. The number of likely N-dealkylation sites (N-methyl/N-ethyl adjacent to an activating group) is 1. The molecule has 0 fully saturated rings. The Morgan fingerprint density at radius 3 is 2.13 bits per heavy atom.